The fourth-order valence-electron chi connectivity index (χ4n) is 1.52. The van der Waals surface area contributed by atoms with Crippen LogP contribution in [0.2, 0.25) is 0 Å². The number of rotatable bonds is 5. The van der Waals surface area contributed by atoms with Crippen molar-refractivity contribution < 1.29 is 19.5 Å². The molecule has 0 bridgehead atoms. The van der Waals surface area contributed by atoms with E-state index in [2.05, 4.69) is 10.6 Å². The number of aryl methyl sites for hydroxylation is 1. The molecule has 0 heterocycles. The summed E-state index contributed by atoms with van der Waals surface area (Å²) >= 11 is 0. The highest BCUT2D eigenvalue weighted by molar-refractivity contribution is 5.94. The van der Waals surface area contributed by atoms with E-state index < -0.39 is 5.97 Å². The highest BCUT2D eigenvalue weighted by Crippen LogP contribution is 2.19. The SMILES string of the molecule is CC(=O)Nc1ccc(NC(=O)CCC(=O)O)cc1C. The van der Waals surface area contributed by atoms with Crippen LogP contribution in [0.25, 0.3) is 0 Å². The number of nitrogens with one attached hydrogen (secondary N) is 2. The first kappa shape index (κ1) is 14.7. The number of anilines is 2. The lowest BCUT2D eigenvalue weighted by Crippen LogP contribution is -2.13. The minimum atomic E-state index is -1.01. The first-order valence-electron chi connectivity index (χ1n) is 5.78. The van der Waals surface area contributed by atoms with E-state index in [0.29, 0.717) is 11.4 Å². The Kier molecular flexibility index (Phi) is 5.05. The maximum Gasteiger partial charge on any atom is 0.303 e. The largest absolute Gasteiger partial charge is 0.481 e. The molecule has 0 radical (unpaired) electrons. The Morgan fingerprint density at radius 2 is 1.84 bits per heavy atom. The number of carboxylic acid groups (broad SMARTS) is 1. The molecule has 6 heteroatoms. The van der Waals surface area contributed by atoms with Gasteiger partial charge in [-0.05, 0) is 30.7 Å². The van der Waals surface area contributed by atoms with Gasteiger partial charge in [-0.15, -0.1) is 0 Å². The van der Waals surface area contributed by atoms with Gasteiger partial charge < -0.3 is 15.7 Å². The van der Waals surface area contributed by atoms with Gasteiger partial charge in [0, 0.05) is 24.7 Å². The monoisotopic (exact) mass is 264 g/mol. The molecule has 6 nitrogen and oxygen atoms in total. The van der Waals surface area contributed by atoms with E-state index in [4.69, 9.17) is 5.11 Å². The van der Waals surface area contributed by atoms with E-state index in [9.17, 15) is 14.4 Å². The van der Waals surface area contributed by atoms with Crippen LogP contribution in [0.4, 0.5) is 11.4 Å². The molecule has 0 aliphatic heterocycles. The summed E-state index contributed by atoms with van der Waals surface area (Å²) in [4.78, 5) is 32.7. The van der Waals surface area contributed by atoms with Crippen molar-refractivity contribution in [3.63, 3.8) is 0 Å². The van der Waals surface area contributed by atoms with Crippen LogP contribution in [0.3, 0.4) is 0 Å². The van der Waals surface area contributed by atoms with Crippen molar-refractivity contribution in [1.29, 1.82) is 0 Å². The highest BCUT2D eigenvalue weighted by atomic mass is 16.4. The maximum atomic E-state index is 11.4. The Morgan fingerprint density at radius 1 is 1.16 bits per heavy atom. The van der Waals surface area contributed by atoms with E-state index >= 15 is 0 Å². The summed E-state index contributed by atoms with van der Waals surface area (Å²) in [5.74, 6) is -1.53. The summed E-state index contributed by atoms with van der Waals surface area (Å²) in [6, 6.07) is 5.05. The molecule has 0 aliphatic carbocycles. The zero-order valence-corrected chi connectivity index (χ0v) is 10.8. The van der Waals surface area contributed by atoms with E-state index in [0.717, 1.165) is 5.56 Å². The molecule has 0 atom stereocenters. The van der Waals surface area contributed by atoms with Crippen LogP contribution >= 0.6 is 0 Å². The number of hydrogen-bond donors (Lipinski definition) is 3. The Bertz CT molecular complexity index is 511. The van der Waals surface area contributed by atoms with E-state index in [1.807, 2.05) is 0 Å². The third-order valence-corrected chi connectivity index (χ3v) is 2.39. The number of carbonyl (C=O) groups is 3. The van der Waals surface area contributed by atoms with Crippen molar-refractivity contribution in [3.8, 4) is 0 Å². The molecule has 0 aliphatic rings. The second kappa shape index (κ2) is 6.53. The molecule has 0 fully saturated rings. The molecule has 0 saturated carbocycles. The zero-order valence-electron chi connectivity index (χ0n) is 10.8. The van der Waals surface area contributed by atoms with Crippen LogP contribution in [0, 0.1) is 6.92 Å². The summed E-state index contributed by atoms with van der Waals surface area (Å²) in [5.41, 5.74) is 2.06. The molecule has 0 saturated heterocycles. The van der Waals surface area contributed by atoms with Crippen LogP contribution < -0.4 is 10.6 Å². The molecule has 19 heavy (non-hydrogen) atoms. The van der Waals surface area contributed by atoms with Crippen molar-refractivity contribution in [2.24, 2.45) is 0 Å². The molecule has 0 spiro atoms. The minimum Gasteiger partial charge on any atom is -0.481 e. The van der Waals surface area contributed by atoms with Gasteiger partial charge in [0.2, 0.25) is 11.8 Å². The van der Waals surface area contributed by atoms with E-state index in [1.165, 1.54) is 6.92 Å². The summed E-state index contributed by atoms with van der Waals surface area (Å²) in [6.45, 7) is 3.22. The van der Waals surface area contributed by atoms with Crippen molar-refractivity contribution >= 4 is 29.2 Å². The first-order valence-corrected chi connectivity index (χ1v) is 5.78. The summed E-state index contributed by atoms with van der Waals surface area (Å²) in [6.07, 6.45) is -0.267. The number of aliphatic carboxylic acids is 1. The third kappa shape index (κ3) is 5.20. The second-order valence-electron chi connectivity index (χ2n) is 4.15. The molecule has 1 aromatic carbocycles. The summed E-state index contributed by atoms with van der Waals surface area (Å²) < 4.78 is 0. The fourth-order valence-corrected chi connectivity index (χ4v) is 1.52. The Hall–Kier alpha value is -2.37. The van der Waals surface area contributed by atoms with Crippen LogP contribution in [-0.2, 0) is 14.4 Å². The van der Waals surface area contributed by atoms with Gasteiger partial charge in [0.15, 0.2) is 0 Å². The molecule has 0 aromatic heterocycles. The van der Waals surface area contributed by atoms with Crippen molar-refractivity contribution in [3.05, 3.63) is 23.8 Å². The Balaban J connectivity index is 2.65. The van der Waals surface area contributed by atoms with Crippen LogP contribution in [0.15, 0.2) is 18.2 Å². The fraction of sp³-hybridized carbons (Fsp3) is 0.308. The maximum absolute atomic E-state index is 11.4. The van der Waals surface area contributed by atoms with Crippen LogP contribution in [-0.4, -0.2) is 22.9 Å². The third-order valence-electron chi connectivity index (χ3n) is 2.39. The van der Waals surface area contributed by atoms with Gasteiger partial charge in [0.1, 0.15) is 0 Å². The van der Waals surface area contributed by atoms with Gasteiger partial charge in [-0.3, -0.25) is 14.4 Å². The molecule has 3 N–H and O–H groups in total. The molecular weight excluding hydrogens is 248 g/mol. The van der Waals surface area contributed by atoms with Gasteiger partial charge >= 0.3 is 5.97 Å². The van der Waals surface area contributed by atoms with E-state index in [1.54, 1.807) is 25.1 Å². The van der Waals surface area contributed by atoms with Gasteiger partial charge in [0.25, 0.3) is 0 Å². The number of benzene rings is 1. The Labute approximate surface area is 110 Å². The molecule has 1 aromatic rings. The van der Waals surface area contributed by atoms with Crippen molar-refractivity contribution in [2.75, 3.05) is 10.6 Å². The normalized spacial score (nSPS) is 9.79. The number of hydrogen-bond acceptors (Lipinski definition) is 3. The van der Waals surface area contributed by atoms with Crippen LogP contribution in [0.5, 0.6) is 0 Å². The highest BCUT2D eigenvalue weighted by Gasteiger charge is 2.07. The average molecular weight is 264 g/mol. The molecular formula is C13H16N2O4. The molecule has 2 amide bonds. The van der Waals surface area contributed by atoms with Gasteiger partial charge in [-0.1, -0.05) is 0 Å². The lowest BCUT2D eigenvalue weighted by molar-refractivity contribution is -0.138. The predicted octanol–water partition coefficient (Wildman–Crippen LogP) is 1.76. The average Bonchev–Trinajstić information content (AvgIpc) is 2.29. The summed E-state index contributed by atoms with van der Waals surface area (Å²) in [5, 5.41) is 13.7. The lowest BCUT2D eigenvalue weighted by atomic mass is 10.1. The van der Waals surface area contributed by atoms with E-state index in [-0.39, 0.29) is 24.7 Å². The van der Waals surface area contributed by atoms with Gasteiger partial charge in [-0.25, -0.2) is 0 Å². The lowest BCUT2D eigenvalue weighted by Gasteiger charge is -2.09. The molecule has 102 valence electrons. The second-order valence-corrected chi connectivity index (χ2v) is 4.15. The molecule has 0 unspecified atom stereocenters. The first-order chi connectivity index (χ1) is 8.88. The standard InChI is InChI=1S/C13H16N2O4/c1-8-7-10(3-4-11(8)14-9(2)16)15-12(17)5-6-13(18)19/h3-4,7H,5-6H2,1-2H3,(H,14,16)(H,15,17)(H,18,19). The number of amides is 2. The zero-order chi connectivity index (χ0) is 14.4. The molecule has 1 rings (SSSR count). The van der Waals surface area contributed by atoms with Gasteiger partial charge in [-0.2, -0.15) is 0 Å². The van der Waals surface area contributed by atoms with Crippen molar-refractivity contribution in [2.45, 2.75) is 26.7 Å². The number of carboxylic acids is 1. The topological polar surface area (TPSA) is 95.5 Å². The Morgan fingerprint density at radius 3 is 2.37 bits per heavy atom. The summed E-state index contributed by atoms with van der Waals surface area (Å²) in [7, 11) is 0. The smallest absolute Gasteiger partial charge is 0.303 e. The predicted molar refractivity (Wildman–Crippen MR) is 71.0 cm³/mol. The number of carbonyl (C=O) groups excluding carboxylic acids is 2. The van der Waals surface area contributed by atoms with Crippen LogP contribution in [0.1, 0.15) is 25.3 Å². The quantitative estimate of drug-likeness (QED) is 0.755. The van der Waals surface area contributed by atoms with Crippen molar-refractivity contribution in [1.82, 2.24) is 0 Å². The minimum absolute atomic E-state index is 0.0676. The van der Waals surface area contributed by atoms with Gasteiger partial charge in [0.05, 0.1) is 6.42 Å².